The summed E-state index contributed by atoms with van der Waals surface area (Å²) in [7, 11) is 1.37. The van der Waals surface area contributed by atoms with Crippen molar-refractivity contribution in [2.45, 2.75) is 0 Å². The van der Waals surface area contributed by atoms with Crippen LogP contribution < -0.4 is 10.1 Å². The first-order valence-electron chi connectivity index (χ1n) is 6.66. The lowest BCUT2D eigenvalue weighted by atomic mass is 10.2. The second-order valence-electron chi connectivity index (χ2n) is 4.60. The Bertz CT molecular complexity index is 783. The number of nitrogens with one attached hydrogen (secondary N) is 1. The quantitative estimate of drug-likeness (QED) is 0.835. The number of hydrogen-bond acceptors (Lipinski definition) is 4. The van der Waals surface area contributed by atoms with Crippen molar-refractivity contribution in [3.05, 3.63) is 58.6 Å². The Hall–Kier alpha value is -2.67. The molecule has 126 valence electrons. The number of ether oxygens (including phenoxy) is 2. The highest BCUT2D eigenvalue weighted by atomic mass is 35.5. The average Bonchev–Trinajstić information content (AvgIpc) is 2.56. The number of rotatable bonds is 5. The predicted molar refractivity (Wildman–Crippen MR) is 83.3 cm³/mol. The molecule has 0 aliphatic rings. The van der Waals surface area contributed by atoms with E-state index in [1.54, 1.807) is 0 Å². The third-order valence-electron chi connectivity index (χ3n) is 2.92. The molecule has 1 amide bonds. The SMILES string of the molecule is COc1ccc(Cl)cc1C(=O)OCC(=O)Nc1ccc(F)c(F)c1. The van der Waals surface area contributed by atoms with Crippen LogP contribution in [0.2, 0.25) is 5.02 Å². The second kappa shape index (κ2) is 7.74. The van der Waals surface area contributed by atoms with E-state index in [2.05, 4.69) is 5.32 Å². The van der Waals surface area contributed by atoms with E-state index in [-0.39, 0.29) is 17.0 Å². The molecule has 0 saturated carbocycles. The van der Waals surface area contributed by atoms with Gasteiger partial charge in [0.2, 0.25) is 0 Å². The van der Waals surface area contributed by atoms with Crippen LogP contribution in [0.3, 0.4) is 0 Å². The standard InChI is InChI=1S/C16H12ClF2NO4/c1-23-14-5-2-9(17)6-11(14)16(22)24-8-15(21)20-10-3-4-12(18)13(19)7-10/h2-7H,8H2,1H3,(H,20,21). The molecule has 0 heterocycles. The van der Waals surface area contributed by atoms with Gasteiger partial charge in [-0.2, -0.15) is 0 Å². The molecule has 0 fully saturated rings. The summed E-state index contributed by atoms with van der Waals surface area (Å²) in [5, 5.41) is 2.58. The third kappa shape index (κ3) is 4.42. The van der Waals surface area contributed by atoms with Crippen LogP contribution in [0, 0.1) is 11.6 Å². The zero-order valence-corrected chi connectivity index (χ0v) is 13.2. The smallest absolute Gasteiger partial charge is 0.342 e. The molecule has 8 heteroatoms. The first-order valence-corrected chi connectivity index (χ1v) is 7.04. The van der Waals surface area contributed by atoms with E-state index in [0.717, 1.165) is 12.1 Å². The number of carbonyl (C=O) groups excluding carboxylic acids is 2. The van der Waals surface area contributed by atoms with E-state index in [1.165, 1.54) is 31.4 Å². The minimum Gasteiger partial charge on any atom is -0.496 e. The Kier molecular flexibility index (Phi) is 5.70. The van der Waals surface area contributed by atoms with E-state index in [0.29, 0.717) is 5.02 Å². The van der Waals surface area contributed by atoms with Gasteiger partial charge < -0.3 is 14.8 Å². The molecule has 0 spiro atoms. The van der Waals surface area contributed by atoms with Crippen molar-refractivity contribution < 1.29 is 27.8 Å². The van der Waals surface area contributed by atoms with Crippen molar-refractivity contribution in [1.29, 1.82) is 0 Å². The molecule has 1 N–H and O–H groups in total. The predicted octanol–water partition coefficient (Wildman–Crippen LogP) is 3.42. The summed E-state index contributed by atoms with van der Waals surface area (Å²) in [6.07, 6.45) is 0. The van der Waals surface area contributed by atoms with Crippen molar-refractivity contribution >= 4 is 29.2 Å². The monoisotopic (exact) mass is 355 g/mol. The Morgan fingerprint density at radius 1 is 1.12 bits per heavy atom. The number of halogens is 3. The van der Waals surface area contributed by atoms with Crippen LogP contribution in [0.25, 0.3) is 0 Å². The van der Waals surface area contributed by atoms with E-state index < -0.39 is 30.1 Å². The van der Waals surface area contributed by atoms with Crippen molar-refractivity contribution in [3.63, 3.8) is 0 Å². The lowest BCUT2D eigenvalue weighted by molar-refractivity contribution is -0.119. The maximum absolute atomic E-state index is 13.0. The number of methoxy groups -OCH3 is 1. The molecular weight excluding hydrogens is 344 g/mol. The van der Waals surface area contributed by atoms with Crippen LogP contribution >= 0.6 is 11.6 Å². The summed E-state index contributed by atoms with van der Waals surface area (Å²) in [5.74, 6) is -3.42. The summed E-state index contributed by atoms with van der Waals surface area (Å²) in [6, 6.07) is 7.23. The Morgan fingerprint density at radius 2 is 1.88 bits per heavy atom. The van der Waals surface area contributed by atoms with E-state index in [4.69, 9.17) is 21.1 Å². The normalized spacial score (nSPS) is 10.2. The Morgan fingerprint density at radius 3 is 2.54 bits per heavy atom. The van der Waals surface area contributed by atoms with Gasteiger partial charge in [0.25, 0.3) is 5.91 Å². The van der Waals surface area contributed by atoms with Crippen LogP contribution in [0.15, 0.2) is 36.4 Å². The molecule has 0 atom stereocenters. The fourth-order valence-electron chi connectivity index (χ4n) is 1.82. The molecule has 2 aromatic carbocycles. The zero-order chi connectivity index (χ0) is 17.7. The molecule has 0 radical (unpaired) electrons. The van der Waals surface area contributed by atoms with Crippen molar-refractivity contribution in [3.8, 4) is 5.75 Å². The highest BCUT2D eigenvalue weighted by Gasteiger charge is 2.16. The minimum atomic E-state index is -1.10. The molecular formula is C16H12ClF2NO4. The van der Waals surface area contributed by atoms with Gasteiger partial charge in [0.1, 0.15) is 11.3 Å². The van der Waals surface area contributed by atoms with Crippen molar-refractivity contribution in [2.24, 2.45) is 0 Å². The van der Waals surface area contributed by atoms with Crippen LogP contribution in [-0.4, -0.2) is 25.6 Å². The highest BCUT2D eigenvalue weighted by Crippen LogP contribution is 2.23. The number of hydrogen-bond donors (Lipinski definition) is 1. The molecule has 24 heavy (non-hydrogen) atoms. The molecule has 0 aliphatic carbocycles. The summed E-state index contributed by atoms with van der Waals surface area (Å²) < 4.78 is 35.7. The van der Waals surface area contributed by atoms with Gasteiger partial charge in [-0.3, -0.25) is 4.79 Å². The van der Waals surface area contributed by atoms with Gasteiger partial charge in [0, 0.05) is 16.8 Å². The molecule has 0 saturated heterocycles. The summed E-state index contributed by atoms with van der Waals surface area (Å²) in [5.41, 5.74) is 0.0981. The van der Waals surface area contributed by atoms with E-state index in [1.807, 2.05) is 0 Å². The molecule has 2 aromatic rings. The number of carbonyl (C=O) groups is 2. The largest absolute Gasteiger partial charge is 0.496 e. The summed E-state index contributed by atoms with van der Waals surface area (Å²) in [4.78, 5) is 23.7. The van der Waals surface area contributed by atoms with Crippen LogP contribution in [0.4, 0.5) is 14.5 Å². The lowest BCUT2D eigenvalue weighted by Crippen LogP contribution is -2.21. The highest BCUT2D eigenvalue weighted by molar-refractivity contribution is 6.31. The van der Waals surface area contributed by atoms with Gasteiger partial charge in [0.15, 0.2) is 18.2 Å². The zero-order valence-electron chi connectivity index (χ0n) is 12.4. The number of anilines is 1. The van der Waals surface area contributed by atoms with E-state index >= 15 is 0 Å². The Balaban J connectivity index is 1.97. The number of benzene rings is 2. The topological polar surface area (TPSA) is 64.6 Å². The average molecular weight is 356 g/mol. The molecule has 0 aromatic heterocycles. The number of amides is 1. The minimum absolute atomic E-state index is 0.0373. The van der Waals surface area contributed by atoms with Crippen LogP contribution in [0.1, 0.15) is 10.4 Å². The molecule has 2 rings (SSSR count). The first-order chi connectivity index (χ1) is 11.4. The third-order valence-corrected chi connectivity index (χ3v) is 3.15. The van der Waals surface area contributed by atoms with E-state index in [9.17, 15) is 18.4 Å². The molecule has 0 bridgehead atoms. The number of esters is 1. The molecule has 0 unspecified atom stereocenters. The molecule has 0 aliphatic heterocycles. The van der Waals surface area contributed by atoms with Crippen LogP contribution in [0.5, 0.6) is 5.75 Å². The second-order valence-corrected chi connectivity index (χ2v) is 5.03. The van der Waals surface area contributed by atoms with Gasteiger partial charge in [-0.1, -0.05) is 11.6 Å². The van der Waals surface area contributed by atoms with Crippen molar-refractivity contribution in [1.82, 2.24) is 0 Å². The van der Waals surface area contributed by atoms with Crippen molar-refractivity contribution in [2.75, 3.05) is 19.0 Å². The van der Waals surface area contributed by atoms with Gasteiger partial charge in [-0.15, -0.1) is 0 Å². The van der Waals surface area contributed by atoms with Gasteiger partial charge >= 0.3 is 5.97 Å². The van der Waals surface area contributed by atoms with Gasteiger partial charge in [0.05, 0.1) is 7.11 Å². The summed E-state index contributed by atoms with van der Waals surface area (Å²) >= 11 is 5.81. The summed E-state index contributed by atoms with van der Waals surface area (Å²) in [6.45, 7) is -0.618. The Labute approximate surface area is 141 Å². The maximum atomic E-state index is 13.0. The van der Waals surface area contributed by atoms with Crippen LogP contribution in [-0.2, 0) is 9.53 Å². The fourth-order valence-corrected chi connectivity index (χ4v) is 1.99. The maximum Gasteiger partial charge on any atom is 0.342 e. The first kappa shape index (κ1) is 17.7. The fraction of sp³-hybridized carbons (Fsp3) is 0.125. The van der Waals surface area contributed by atoms with Gasteiger partial charge in [-0.05, 0) is 30.3 Å². The lowest BCUT2D eigenvalue weighted by Gasteiger charge is -2.09. The molecule has 5 nitrogen and oxygen atoms in total. The van der Waals surface area contributed by atoms with Gasteiger partial charge in [-0.25, -0.2) is 13.6 Å².